The molecule has 30 heavy (non-hydrogen) atoms. The first-order chi connectivity index (χ1) is 13.8. The van der Waals surface area contributed by atoms with Crippen LogP contribution in [-0.2, 0) is 9.59 Å². The highest BCUT2D eigenvalue weighted by Crippen LogP contribution is 2.13. The van der Waals surface area contributed by atoms with Crippen LogP contribution in [0.1, 0.15) is 5.56 Å². The number of halogens is 3. The van der Waals surface area contributed by atoms with Crippen molar-refractivity contribution in [1.82, 2.24) is 4.90 Å². The van der Waals surface area contributed by atoms with Crippen LogP contribution >= 0.6 is 0 Å². The molecule has 2 aromatic carbocycles. The monoisotopic (exact) mass is 435 g/mol. The largest absolute Gasteiger partial charge is 1.00 e. The van der Waals surface area contributed by atoms with Gasteiger partial charge >= 0.3 is 0 Å². The molecular weight excluding hydrogens is 412 g/mol. The highest BCUT2D eigenvalue weighted by Gasteiger charge is 2.32. The Morgan fingerprint density at radius 2 is 1.53 bits per heavy atom. The van der Waals surface area contributed by atoms with Gasteiger partial charge in [-0.25, -0.2) is 8.78 Å². The van der Waals surface area contributed by atoms with Crippen molar-refractivity contribution in [3.8, 4) is 0 Å². The molecule has 0 aliphatic carbocycles. The molecule has 0 radical (unpaired) electrons. The second-order valence-electron chi connectivity index (χ2n) is 7.49. The number of hydrogen-bond donors (Lipinski definition) is 1. The van der Waals surface area contributed by atoms with Gasteiger partial charge in [0.05, 0.1) is 33.2 Å². The zero-order valence-corrected chi connectivity index (χ0v) is 17.4. The minimum absolute atomic E-state index is 0. The fourth-order valence-electron chi connectivity index (χ4n) is 3.25. The molecule has 1 N–H and O–H groups in total. The Kier molecular flexibility index (Phi) is 8.08. The lowest BCUT2D eigenvalue weighted by atomic mass is 10.2. The summed E-state index contributed by atoms with van der Waals surface area (Å²) >= 11 is 0. The maximum Gasteiger partial charge on any atom is 0.279 e. The van der Waals surface area contributed by atoms with E-state index >= 15 is 0 Å². The molecule has 160 valence electrons. The number of nitrogens with one attached hydrogen (secondary N) is 1. The van der Waals surface area contributed by atoms with Gasteiger partial charge < -0.3 is 27.1 Å². The van der Waals surface area contributed by atoms with Crippen molar-refractivity contribution in [2.75, 3.05) is 45.1 Å². The highest BCUT2D eigenvalue weighted by atomic mass is 35.5. The normalized spacial score (nSPS) is 15.5. The van der Waals surface area contributed by atoms with Crippen molar-refractivity contribution < 1.29 is 35.3 Å². The van der Waals surface area contributed by atoms with Crippen LogP contribution in [0.2, 0.25) is 0 Å². The molecule has 8 heteroatoms. The summed E-state index contributed by atoms with van der Waals surface area (Å²) in [5.74, 6) is -0.910. The summed E-state index contributed by atoms with van der Waals surface area (Å²) in [4.78, 5) is 26.5. The minimum atomic E-state index is -0.351. The van der Waals surface area contributed by atoms with Gasteiger partial charge in [0.25, 0.3) is 5.91 Å². The lowest BCUT2D eigenvalue weighted by molar-refractivity contribution is -0.905. The average Bonchev–Trinajstić information content (AvgIpc) is 2.69. The first-order valence-corrected chi connectivity index (χ1v) is 9.45. The van der Waals surface area contributed by atoms with Crippen LogP contribution in [0.3, 0.4) is 0 Å². The van der Waals surface area contributed by atoms with Crippen molar-refractivity contribution >= 4 is 23.6 Å². The number of carbonyl (C=O) groups is 2. The minimum Gasteiger partial charge on any atom is -1.00 e. The zero-order chi connectivity index (χ0) is 20.9. The number of anilines is 1. The third-order valence-electron chi connectivity index (χ3n) is 5.07. The summed E-state index contributed by atoms with van der Waals surface area (Å²) in [6.07, 6.45) is 3.16. The van der Waals surface area contributed by atoms with Gasteiger partial charge in [0.2, 0.25) is 5.91 Å². The molecule has 0 bridgehead atoms. The molecule has 0 aromatic heterocycles. The van der Waals surface area contributed by atoms with Crippen LogP contribution < -0.4 is 17.7 Å². The third-order valence-corrected chi connectivity index (χ3v) is 5.07. The molecule has 3 rings (SSSR count). The lowest BCUT2D eigenvalue weighted by Crippen LogP contribution is -3.00. The van der Waals surface area contributed by atoms with Gasteiger partial charge in [-0.15, -0.1) is 0 Å². The van der Waals surface area contributed by atoms with Crippen molar-refractivity contribution in [1.29, 1.82) is 0 Å². The number of carbonyl (C=O) groups excluding carboxylic acids is 2. The molecule has 2 aromatic rings. The smallest absolute Gasteiger partial charge is 0.279 e. The van der Waals surface area contributed by atoms with E-state index in [9.17, 15) is 18.4 Å². The topological polar surface area (TPSA) is 49.4 Å². The van der Waals surface area contributed by atoms with Gasteiger partial charge in [-0.1, -0.05) is 12.1 Å². The van der Waals surface area contributed by atoms with Crippen LogP contribution in [0.25, 0.3) is 6.08 Å². The van der Waals surface area contributed by atoms with E-state index in [1.165, 1.54) is 42.5 Å². The SMILES string of the molecule is C[N+]1(CC(=O)Nc2ccc(F)cc2)CCN(C(=O)C=Cc2ccc(F)cc2)CC1.[Cl-]. The molecule has 1 fully saturated rings. The Hall–Kier alpha value is -2.77. The first-order valence-electron chi connectivity index (χ1n) is 9.45. The standard InChI is InChI=1S/C22H23F2N3O2.ClH/c1-27(16-21(28)25-20-9-7-19(24)8-10-20)14-12-26(13-15-27)22(29)11-4-17-2-5-18(23)6-3-17;/h2-11H,12-16H2,1H3;1H. The average molecular weight is 436 g/mol. The lowest BCUT2D eigenvalue weighted by Gasteiger charge is -2.41. The summed E-state index contributed by atoms with van der Waals surface area (Å²) < 4.78 is 26.4. The molecule has 0 atom stereocenters. The van der Waals surface area contributed by atoms with E-state index < -0.39 is 0 Å². The van der Waals surface area contributed by atoms with Gasteiger partial charge in [0, 0.05) is 11.8 Å². The van der Waals surface area contributed by atoms with E-state index in [0.717, 1.165) is 5.56 Å². The molecule has 0 spiro atoms. The maximum absolute atomic E-state index is 13.0. The van der Waals surface area contributed by atoms with E-state index in [-0.39, 0.29) is 42.4 Å². The molecule has 1 aliphatic rings. The first kappa shape index (κ1) is 23.5. The van der Waals surface area contributed by atoms with Gasteiger partial charge in [-0.2, -0.15) is 0 Å². The summed E-state index contributed by atoms with van der Waals surface area (Å²) in [6.45, 7) is 2.70. The van der Waals surface area contributed by atoms with Crippen LogP contribution in [0.5, 0.6) is 0 Å². The number of likely N-dealkylation sites (N-methyl/N-ethyl adjacent to an activating group) is 1. The van der Waals surface area contributed by atoms with Gasteiger partial charge in [0.1, 0.15) is 11.6 Å². The molecule has 5 nitrogen and oxygen atoms in total. The predicted octanol–water partition coefficient (Wildman–Crippen LogP) is -0.0905. The van der Waals surface area contributed by atoms with E-state index in [1.807, 2.05) is 7.05 Å². The highest BCUT2D eigenvalue weighted by molar-refractivity contribution is 5.92. The number of nitrogens with zero attached hydrogens (tertiary/aromatic N) is 2. The number of quaternary nitrogens is 1. The molecule has 2 amide bonds. The second-order valence-corrected chi connectivity index (χ2v) is 7.49. The van der Waals surface area contributed by atoms with Crippen LogP contribution in [-0.4, -0.2) is 61.0 Å². The Labute approximate surface area is 181 Å². The summed E-state index contributed by atoms with van der Waals surface area (Å²) in [5, 5.41) is 2.78. The quantitative estimate of drug-likeness (QED) is 0.527. The van der Waals surface area contributed by atoms with Crippen molar-refractivity contribution in [3.05, 3.63) is 71.8 Å². The van der Waals surface area contributed by atoms with Crippen LogP contribution in [0.4, 0.5) is 14.5 Å². The number of hydrogen-bond acceptors (Lipinski definition) is 2. The zero-order valence-electron chi connectivity index (χ0n) is 16.7. The van der Waals surface area contributed by atoms with Gasteiger partial charge in [-0.3, -0.25) is 9.59 Å². The maximum atomic E-state index is 13.0. The Morgan fingerprint density at radius 3 is 2.10 bits per heavy atom. The number of amides is 2. The van der Waals surface area contributed by atoms with Gasteiger partial charge in [0.15, 0.2) is 6.54 Å². The molecular formula is C22H24ClF2N3O2. The van der Waals surface area contributed by atoms with E-state index in [2.05, 4.69) is 5.32 Å². The fourth-order valence-corrected chi connectivity index (χ4v) is 3.25. The van der Waals surface area contributed by atoms with Crippen LogP contribution in [0.15, 0.2) is 54.6 Å². The molecule has 0 saturated carbocycles. The molecule has 1 heterocycles. The molecule has 0 unspecified atom stereocenters. The Morgan fingerprint density at radius 1 is 1.00 bits per heavy atom. The Bertz CT molecular complexity index is 894. The Balaban J connectivity index is 0.00000320. The summed E-state index contributed by atoms with van der Waals surface area (Å²) in [7, 11) is 1.99. The fraction of sp³-hybridized carbons (Fsp3) is 0.273. The van der Waals surface area contributed by atoms with E-state index in [4.69, 9.17) is 0 Å². The number of rotatable bonds is 5. The summed E-state index contributed by atoms with van der Waals surface area (Å²) in [6, 6.07) is 11.6. The predicted molar refractivity (Wildman–Crippen MR) is 108 cm³/mol. The van der Waals surface area contributed by atoms with Crippen molar-refractivity contribution in [2.24, 2.45) is 0 Å². The molecule has 1 saturated heterocycles. The number of benzene rings is 2. The van der Waals surface area contributed by atoms with Crippen molar-refractivity contribution in [3.63, 3.8) is 0 Å². The van der Waals surface area contributed by atoms with Crippen molar-refractivity contribution in [2.45, 2.75) is 0 Å². The van der Waals surface area contributed by atoms with E-state index in [1.54, 1.807) is 23.1 Å². The number of piperazine rings is 1. The van der Waals surface area contributed by atoms with Crippen LogP contribution in [0, 0.1) is 11.6 Å². The van der Waals surface area contributed by atoms with Gasteiger partial charge in [-0.05, 0) is 48.0 Å². The summed E-state index contributed by atoms with van der Waals surface area (Å²) in [5.41, 5.74) is 1.32. The molecule has 1 aliphatic heterocycles. The van der Waals surface area contributed by atoms with E-state index in [0.29, 0.717) is 36.3 Å². The third kappa shape index (κ3) is 6.64. The second kappa shape index (κ2) is 10.3.